The van der Waals surface area contributed by atoms with Gasteiger partial charge in [-0.05, 0) is 32.1 Å². The average Bonchev–Trinajstić information content (AvgIpc) is 3.03. The molecular formula is C13H20N4O. The average molecular weight is 248 g/mol. The van der Waals surface area contributed by atoms with E-state index in [0.717, 1.165) is 24.6 Å². The van der Waals surface area contributed by atoms with Gasteiger partial charge in [-0.25, -0.2) is 0 Å². The number of nitrogens with zero attached hydrogens (tertiary/aromatic N) is 3. The first-order valence-electron chi connectivity index (χ1n) is 6.71. The molecule has 2 fully saturated rings. The molecule has 1 aromatic heterocycles. The van der Waals surface area contributed by atoms with Crippen LogP contribution in [-0.2, 0) is 11.8 Å². The van der Waals surface area contributed by atoms with Gasteiger partial charge >= 0.3 is 0 Å². The first-order chi connectivity index (χ1) is 8.65. The monoisotopic (exact) mass is 248 g/mol. The van der Waals surface area contributed by atoms with E-state index in [4.69, 9.17) is 0 Å². The summed E-state index contributed by atoms with van der Waals surface area (Å²) < 4.78 is 1.73. The van der Waals surface area contributed by atoms with E-state index in [2.05, 4.69) is 17.3 Å². The van der Waals surface area contributed by atoms with E-state index in [9.17, 15) is 4.79 Å². The number of anilines is 1. The first-order valence-corrected chi connectivity index (χ1v) is 6.71. The van der Waals surface area contributed by atoms with E-state index in [1.165, 1.54) is 12.8 Å². The summed E-state index contributed by atoms with van der Waals surface area (Å²) in [6.07, 6.45) is 7.16. The van der Waals surface area contributed by atoms with Crippen LogP contribution >= 0.6 is 0 Å². The van der Waals surface area contributed by atoms with E-state index < -0.39 is 0 Å². The lowest BCUT2D eigenvalue weighted by Gasteiger charge is -2.19. The fraction of sp³-hybridized carbons (Fsp3) is 0.692. The molecule has 2 atom stereocenters. The Morgan fingerprint density at radius 2 is 2.22 bits per heavy atom. The smallest absolute Gasteiger partial charge is 0.244 e. The number of aryl methyl sites for hydroxylation is 1. The number of aromatic nitrogens is 2. The Kier molecular flexibility index (Phi) is 2.86. The molecule has 2 aliphatic rings. The van der Waals surface area contributed by atoms with Gasteiger partial charge in [0.1, 0.15) is 0 Å². The van der Waals surface area contributed by atoms with Gasteiger partial charge in [0.15, 0.2) is 0 Å². The van der Waals surface area contributed by atoms with Crippen molar-refractivity contribution in [2.24, 2.45) is 13.0 Å². The number of nitrogens with one attached hydrogen (secondary N) is 1. The van der Waals surface area contributed by atoms with Crippen molar-refractivity contribution in [2.45, 2.75) is 38.3 Å². The molecule has 1 aliphatic carbocycles. The SMILES string of the molecule is CC(NC1CCN(c2cnn(C)c2)C1=O)C1CC1. The Morgan fingerprint density at radius 1 is 1.44 bits per heavy atom. The highest BCUT2D eigenvalue weighted by Gasteiger charge is 2.36. The van der Waals surface area contributed by atoms with Crippen molar-refractivity contribution in [1.82, 2.24) is 15.1 Å². The van der Waals surface area contributed by atoms with E-state index in [-0.39, 0.29) is 11.9 Å². The summed E-state index contributed by atoms with van der Waals surface area (Å²) in [6, 6.07) is 0.452. The molecular weight excluding hydrogens is 228 g/mol. The minimum absolute atomic E-state index is 0.0131. The molecule has 5 nitrogen and oxygen atoms in total. The zero-order valence-electron chi connectivity index (χ0n) is 11.0. The third-order valence-electron chi connectivity index (χ3n) is 4.00. The lowest BCUT2D eigenvalue weighted by molar-refractivity contribution is -0.119. The lowest BCUT2D eigenvalue weighted by Crippen LogP contribution is -2.43. The second-order valence-electron chi connectivity index (χ2n) is 5.50. The first kappa shape index (κ1) is 11.7. The van der Waals surface area contributed by atoms with Crippen LogP contribution < -0.4 is 10.2 Å². The second kappa shape index (κ2) is 4.39. The third-order valence-corrected chi connectivity index (χ3v) is 4.00. The Bertz CT molecular complexity index is 452. The summed E-state index contributed by atoms with van der Waals surface area (Å²) in [6.45, 7) is 2.98. The van der Waals surface area contributed by atoms with Gasteiger partial charge in [0.2, 0.25) is 5.91 Å². The van der Waals surface area contributed by atoms with Crippen molar-refractivity contribution in [3.63, 3.8) is 0 Å². The fourth-order valence-electron chi connectivity index (χ4n) is 2.69. The van der Waals surface area contributed by atoms with Crippen LogP contribution in [0.3, 0.4) is 0 Å². The molecule has 1 N–H and O–H groups in total. The van der Waals surface area contributed by atoms with Gasteiger partial charge in [-0.3, -0.25) is 9.48 Å². The topological polar surface area (TPSA) is 50.2 Å². The molecule has 1 saturated carbocycles. The Balaban J connectivity index is 1.64. The molecule has 2 heterocycles. The van der Waals surface area contributed by atoms with Gasteiger partial charge in [0.05, 0.1) is 17.9 Å². The third kappa shape index (κ3) is 2.14. The predicted molar refractivity (Wildman–Crippen MR) is 69.3 cm³/mol. The van der Waals surface area contributed by atoms with Crippen molar-refractivity contribution in [3.05, 3.63) is 12.4 Å². The largest absolute Gasteiger partial charge is 0.308 e. The summed E-state index contributed by atoms with van der Waals surface area (Å²) >= 11 is 0. The van der Waals surface area contributed by atoms with Crippen LogP contribution in [0.2, 0.25) is 0 Å². The van der Waals surface area contributed by atoms with E-state index in [1.54, 1.807) is 10.9 Å². The van der Waals surface area contributed by atoms with Crippen LogP contribution in [-0.4, -0.2) is 34.3 Å². The molecule has 1 aromatic rings. The number of hydrogen-bond donors (Lipinski definition) is 1. The minimum Gasteiger partial charge on any atom is -0.308 e. The van der Waals surface area contributed by atoms with Crippen molar-refractivity contribution in [1.29, 1.82) is 0 Å². The molecule has 18 heavy (non-hydrogen) atoms. The van der Waals surface area contributed by atoms with E-state index in [1.807, 2.05) is 18.1 Å². The quantitative estimate of drug-likeness (QED) is 0.862. The van der Waals surface area contributed by atoms with E-state index in [0.29, 0.717) is 6.04 Å². The Morgan fingerprint density at radius 3 is 2.83 bits per heavy atom. The van der Waals surface area contributed by atoms with Crippen molar-refractivity contribution < 1.29 is 4.79 Å². The highest BCUT2D eigenvalue weighted by atomic mass is 16.2. The van der Waals surface area contributed by atoms with Crippen molar-refractivity contribution >= 4 is 11.6 Å². The zero-order valence-corrected chi connectivity index (χ0v) is 11.0. The molecule has 0 bridgehead atoms. The summed E-state index contributed by atoms with van der Waals surface area (Å²) in [5, 5.41) is 7.60. The van der Waals surface area contributed by atoms with Gasteiger partial charge in [-0.15, -0.1) is 0 Å². The summed E-state index contributed by atoms with van der Waals surface area (Å²) in [5.41, 5.74) is 0.908. The molecule has 98 valence electrons. The summed E-state index contributed by atoms with van der Waals surface area (Å²) in [5.74, 6) is 0.973. The maximum Gasteiger partial charge on any atom is 0.244 e. The minimum atomic E-state index is -0.0131. The van der Waals surface area contributed by atoms with Gasteiger partial charge in [-0.1, -0.05) is 0 Å². The molecule has 0 spiro atoms. The van der Waals surface area contributed by atoms with Gasteiger partial charge < -0.3 is 10.2 Å². The van der Waals surface area contributed by atoms with Crippen molar-refractivity contribution in [3.8, 4) is 0 Å². The number of rotatable bonds is 4. The highest BCUT2D eigenvalue weighted by Crippen LogP contribution is 2.33. The molecule has 0 radical (unpaired) electrons. The molecule has 1 amide bonds. The lowest BCUT2D eigenvalue weighted by atomic mass is 10.1. The van der Waals surface area contributed by atoms with Crippen LogP contribution in [0.15, 0.2) is 12.4 Å². The normalized spacial score (nSPS) is 25.8. The Labute approximate surface area is 107 Å². The molecule has 5 heteroatoms. The molecule has 3 rings (SSSR count). The molecule has 1 aliphatic heterocycles. The maximum atomic E-state index is 12.3. The predicted octanol–water partition coefficient (Wildman–Crippen LogP) is 0.913. The number of amides is 1. The van der Waals surface area contributed by atoms with Crippen LogP contribution in [0.5, 0.6) is 0 Å². The second-order valence-corrected chi connectivity index (χ2v) is 5.50. The van der Waals surface area contributed by atoms with E-state index >= 15 is 0 Å². The number of hydrogen-bond acceptors (Lipinski definition) is 3. The van der Waals surface area contributed by atoms with Crippen LogP contribution in [0.4, 0.5) is 5.69 Å². The van der Waals surface area contributed by atoms with Gasteiger partial charge in [-0.2, -0.15) is 5.10 Å². The standard InChI is InChI=1S/C13H20N4O/c1-9(10-3-4-10)15-12-5-6-17(13(12)18)11-7-14-16(2)8-11/h7-10,12,15H,3-6H2,1-2H3. The number of carbonyl (C=O) groups excluding carboxylic acids is 1. The number of carbonyl (C=O) groups is 1. The summed E-state index contributed by atoms with van der Waals surface area (Å²) in [4.78, 5) is 14.2. The Hall–Kier alpha value is -1.36. The van der Waals surface area contributed by atoms with Crippen LogP contribution in [0, 0.1) is 5.92 Å². The summed E-state index contributed by atoms with van der Waals surface area (Å²) in [7, 11) is 1.87. The zero-order chi connectivity index (χ0) is 12.7. The maximum absolute atomic E-state index is 12.3. The molecule has 0 aromatic carbocycles. The highest BCUT2D eigenvalue weighted by molar-refractivity contribution is 5.99. The fourth-order valence-corrected chi connectivity index (χ4v) is 2.69. The molecule has 2 unspecified atom stereocenters. The van der Waals surface area contributed by atoms with Gasteiger partial charge in [0.25, 0.3) is 0 Å². The van der Waals surface area contributed by atoms with Crippen LogP contribution in [0.25, 0.3) is 0 Å². The molecule has 1 saturated heterocycles. The van der Waals surface area contributed by atoms with Crippen LogP contribution in [0.1, 0.15) is 26.2 Å². The van der Waals surface area contributed by atoms with Crippen molar-refractivity contribution in [2.75, 3.05) is 11.4 Å². The van der Waals surface area contributed by atoms with Gasteiger partial charge in [0, 0.05) is 25.8 Å².